The predicted octanol–water partition coefficient (Wildman–Crippen LogP) is 3.35. The summed E-state index contributed by atoms with van der Waals surface area (Å²) in [5.74, 6) is -0.749. The standard InChI is InChI=1S/C27H31ClO8/c1-33-21-12-7-19(8-13-21)9-14-24(30)36-23-17-27(26(32)34-2,16-22(29)25(23)31)35-15-3-4-18-5-10-20(28)11-6-18/h5-14,22-23,25,29,31H,3-4,15-17H2,1-2H3/b14-9+/t22-,23+,25+,27-/m0/s1. The van der Waals surface area contributed by atoms with Crippen LogP contribution in [0.2, 0.25) is 5.02 Å². The Hall–Kier alpha value is -2.91. The van der Waals surface area contributed by atoms with Crippen molar-refractivity contribution in [3.63, 3.8) is 0 Å². The number of hydrogen-bond acceptors (Lipinski definition) is 8. The van der Waals surface area contributed by atoms with E-state index in [1.54, 1.807) is 49.6 Å². The van der Waals surface area contributed by atoms with Gasteiger partial charge in [-0.15, -0.1) is 0 Å². The highest BCUT2D eigenvalue weighted by Gasteiger charge is 2.53. The Labute approximate surface area is 215 Å². The second kappa shape index (κ2) is 12.9. The summed E-state index contributed by atoms with van der Waals surface area (Å²) in [6.07, 6.45) is -0.189. The molecule has 1 aliphatic carbocycles. The van der Waals surface area contributed by atoms with Gasteiger partial charge in [0.25, 0.3) is 0 Å². The summed E-state index contributed by atoms with van der Waals surface area (Å²) in [4.78, 5) is 25.2. The summed E-state index contributed by atoms with van der Waals surface area (Å²) in [7, 11) is 2.78. The van der Waals surface area contributed by atoms with Crippen LogP contribution in [0.25, 0.3) is 6.08 Å². The molecule has 2 N–H and O–H groups in total. The minimum absolute atomic E-state index is 0.152. The van der Waals surface area contributed by atoms with Gasteiger partial charge in [0.1, 0.15) is 18.0 Å². The predicted molar refractivity (Wildman–Crippen MR) is 134 cm³/mol. The summed E-state index contributed by atoms with van der Waals surface area (Å²) < 4.78 is 21.4. The molecule has 0 saturated heterocycles. The molecule has 36 heavy (non-hydrogen) atoms. The normalized spacial score (nSPS) is 23.9. The molecule has 2 aromatic carbocycles. The lowest BCUT2D eigenvalue weighted by atomic mass is 9.79. The molecule has 4 atom stereocenters. The van der Waals surface area contributed by atoms with E-state index in [4.69, 9.17) is 30.5 Å². The topological polar surface area (TPSA) is 112 Å². The molecule has 1 fully saturated rings. The van der Waals surface area contributed by atoms with Crippen LogP contribution in [-0.4, -0.2) is 66.9 Å². The minimum atomic E-state index is -1.56. The van der Waals surface area contributed by atoms with Crippen molar-refractivity contribution in [1.82, 2.24) is 0 Å². The van der Waals surface area contributed by atoms with E-state index in [1.165, 1.54) is 13.2 Å². The van der Waals surface area contributed by atoms with Crippen LogP contribution in [0.4, 0.5) is 0 Å². The number of ether oxygens (including phenoxy) is 4. The highest BCUT2D eigenvalue weighted by atomic mass is 35.5. The van der Waals surface area contributed by atoms with Crippen molar-refractivity contribution in [2.24, 2.45) is 0 Å². The van der Waals surface area contributed by atoms with E-state index in [-0.39, 0.29) is 19.4 Å². The van der Waals surface area contributed by atoms with E-state index in [1.807, 2.05) is 12.1 Å². The lowest BCUT2D eigenvalue weighted by Crippen LogP contribution is -2.58. The Morgan fingerprint density at radius 3 is 2.39 bits per heavy atom. The number of aliphatic hydroxyl groups is 2. The fourth-order valence-electron chi connectivity index (χ4n) is 4.14. The Balaban J connectivity index is 1.64. The number of carbonyl (C=O) groups excluding carboxylic acids is 2. The van der Waals surface area contributed by atoms with E-state index >= 15 is 0 Å². The van der Waals surface area contributed by atoms with Gasteiger partial charge in [-0.05, 0) is 54.3 Å². The fraction of sp³-hybridized carbons (Fsp3) is 0.407. The second-order valence-electron chi connectivity index (χ2n) is 8.61. The molecule has 0 heterocycles. The van der Waals surface area contributed by atoms with Gasteiger partial charge < -0.3 is 29.2 Å². The Kier molecular flexibility index (Phi) is 9.89. The van der Waals surface area contributed by atoms with Crippen molar-refractivity contribution in [2.75, 3.05) is 20.8 Å². The average molecular weight is 519 g/mol. The van der Waals surface area contributed by atoms with Crippen LogP contribution in [0.3, 0.4) is 0 Å². The smallest absolute Gasteiger partial charge is 0.338 e. The van der Waals surface area contributed by atoms with Gasteiger partial charge in [0, 0.05) is 30.5 Å². The molecular formula is C27H31ClO8. The van der Waals surface area contributed by atoms with E-state index in [0.29, 0.717) is 23.6 Å². The largest absolute Gasteiger partial charge is 0.497 e. The van der Waals surface area contributed by atoms with Crippen molar-refractivity contribution in [2.45, 2.75) is 49.6 Å². The third-order valence-corrected chi connectivity index (χ3v) is 6.35. The van der Waals surface area contributed by atoms with Crippen molar-refractivity contribution >= 4 is 29.6 Å². The van der Waals surface area contributed by atoms with Crippen molar-refractivity contribution in [3.05, 3.63) is 70.8 Å². The number of rotatable bonds is 10. The first-order chi connectivity index (χ1) is 17.3. The van der Waals surface area contributed by atoms with Gasteiger partial charge in [-0.3, -0.25) is 0 Å². The van der Waals surface area contributed by atoms with Crippen LogP contribution in [0, 0.1) is 0 Å². The zero-order valence-corrected chi connectivity index (χ0v) is 21.0. The van der Waals surface area contributed by atoms with Gasteiger partial charge in [0.15, 0.2) is 5.60 Å². The molecule has 1 aliphatic rings. The fourth-order valence-corrected chi connectivity index (χ4v) is 4.26. The summed E-state index contributed by atoms with van der Waals surface area (Å²) in [6, 6.07) is 14.5. The van der Waals surface area contributed by atoms with E-state index in [2.05, 4.69) is 0 Å². The molecule has 0 radical (unpaired) electrons. The number of aliphatic hydroxyl groups excluding tert-OH is 2. The maximum Gasteiger partial charge on any atom is 0.338 e. The summed E-state index contributed by atoms with van der Waals surface area (Å²) >= 11 is 5.92. The van der Waals surface area contributed by atoms with Crippen molar-refractivity contribution < 1.29 is 38.7 Å². The molecule has 9 heteroatoms. The van der Waals surface area contributed by atoms with Crippen molar-refractivity contribution in [3.8, 4) is 5.75 Å². The molecule has 1 saturated carbocycles. The highest BCUT2D eigenvalue weighted by Crippen LogP contribution is 2.35. The quantitative estimate of drug-likeness (QED) is 0.280. The molecular weight excluding hydrogens is 488 g/mol. The number of aryl methyl sites for hydroxylation is 1. The molecule has 0 aromatic heterocycles. The Morgan fingerprint density at radius 2 is 1.75 bits per heavy atom. The molecule has 3 rings (SSSR count). The van der Waals surface area contributed by atoms with Crippen LogP contribution in [-0.2, 0) is 30.2 Å². The van der Waals surface area contributed by atoms with Gasteiger partial charge in [0.05, 0.1) is 20.3 Å². The zero-order chi connectivity index (χ0) is 26.1. The van der Waals surface area contributed by atoms with Gasteiger partial charge in [-0.25, -0.2) is 9.59 Å². The molecule has 2 aromatic rings. The maximum absolute atomic E-state index is 12.7. The van der Waals surface area contributed by atoms with Gasteiger partial charge in [0.2, 0.25) is 0 Å². The SMILES string of the molecule is COC(=O)[C@]1(OCCCc2ccc(Cl)cc2)C[C@H](O)[C@@H](O)[C@H](OC(=O)/C=C/c2ccc(OC)cc2)C1. The molecule has 0 bridgehead atoms. The van der Waals surface area contributed by atoms with E-state index < -0.39 is 35.9 Å². The van der Waals surface area contributed by atoms with Gasteiger partial charge in [-0.1, -0.05) is 35.9 Å². The zero-order valence-electron chi connectivity index (χ0n) is 20.3. The lowest BCUT2D eigenvalue weighted by Gasteiger charge is -2.42. The molecule has 8 nitrogen and oxygen atoms in total. The monoisotopic (exact) mass is 518 g/mol. The number of carbonyl (C=O) groups is 2. The summed E-state index contributed by atoms with van der Waals surface area (Å²) in [5.41, 5.74) is 0.243. The number of hydrogen-bond donors (Lipinski definition) is 2. The van der Waals surface area contributed by atoms with E-state index in [9.17, 15) is 19.8 Å². The molecule has 0 aliphatic heterocycles. The number of esters is 2. The highest BCUT2D eigenvalue weighted by molar-refractivity contribution is 6.30. The van der Waals surface area contributed by atoms with E-state index in [0.717, 1.165) is 11.1 Å². The Morgan fingerprint density at radius 1 is 1.06 bits per heavy atom. The molecule has 0 unspecified atom stereocenters. The minimum Gasteiger partial charge on any atom is -0.497 e. The van der Waals surface area contributed by atoms with Crippen LogP contribution in [0.5, 0.6) is 5.75 Å². The maximum atomic E-state index is 12.7. The first kappa shape index (κ1) is 27.7. The van der Waals surface area contributed by atoms with Crippen molar-refractivity contribution in [1.29, 1.82) is 0 Å². The Bertz CT molecular complexity index is 1040. The van der Waals surface area contributed by atoms with Gasteiger partial charge >= 0.3 is 11.9 Å². The number of methoxy groups -OCH3 is 2. The third-order valence-electron chi connectivity index (χ3n) is 6.10. The number of benzene rings is 2. The van der Waals surface area contributed by atoms with Crippen LogP contribution >= 0.6 is 11.6 Å². The average Bonchev–Trinajstić information content (AvgIpc) is 2.89. The second-order valence-corrected chi connectivity index (χ2v) is 9.05. The lowest BCUT2D eigenvalue weighted by molar-refractivity contribution is -0.209. The first-order valence-electron chi connectivity index (χ1n) is 11.6. The third kappa shape index (κ3) is 7.30. The first-order valence-corrected chi connectivity index (χ1v) is 12.0. The van der Waals surface area contributed by atoms with Gasteiger partial charge in [-0.2, -0.15) is 0 Å². The number of halogens is 1. The van der Waals surface area contributed by atoms with Crippen LogP contribution in [0.1, 0.15) is 30.4 Å². The molecule has 0 spiro atoms. The molecule has 194 valence electrons. The summed E-state index contributed by atoms with van der Waals surface area (Å²) in [6.45, 7) is 0.193. The van der Waals surface area contributed by atoms with Crippen LogP contribution in [0.15, 0.2) is 54.6 Å². The molecule has 0 amide bonds. The summed E-state index contributed by atoms with van der Waals surface area (Å²) in [5, 5.41) is 21.6. The van der Waals surface area contributed by atoms with Crippen LogP contribution < -0.4 is 4.74 Å².